The van der Waals surface area contributed by atoms with Gasteiger partial charge in [-0.05, 0) is 29.9 Å². The number of aromatic nitrogens is 4. The second-order valence-electron chi connectivity index (χ2n) is 14.6. The zero-order valence-corrected chi connectivity index (χ0v) is 31.7. The van der Waals surface area contributed by atoms with Crippen LogP contribution in [0.5, 0.6) is 0 Å². The van der Waals surface area contributed by atoms with Gasteiger partial charge in [-0.3, -0.25) is 4.98 Å². The molecule has 2 aliphatic carbocycles. The summed E-state index contributed by atoms with van der Waals surface area (Å²) in [7, 11) is 0. The Balaban J connectivity index is 0.947. The number of amidine groups is 2. The summed E-state index contributed by atoms with van der Waals surface area (Å²) in [5.74, 6) is 3.94. The topological polar surface area (TPSA) is 88.3 Å². The lowest BCUT2D eigenvalue weighted by atomic mass is 9.89. The van der Waals surface area contributed by atoms with Crippen molar-refractivity contribution in [1.29, 1.82) is 0 Å². The lowest BCUT2D eigenvalue weighted by molar-refractivity contribution is 0.754. The Bertz CT molecular complexity index is 2800. The number of nitrogens with zero attached hydrogens (tertiary/aromatic N) is 6. The summed E-state index contributed by atoms with van der Waals surface area (Å²) in [6, 6.07) is 49.8. The van der Waals surface area contributed by atoms with Gasteiger partial charge in [-0.25, -0.2) is 24.9 Å². The molecule has 3 atom stereocenters. The molecule has 7 nitrogen and oxygen atoms in total. The van der Waals surface area contributed by atoms with Gasteiger partial charge in [0.25, 0.3) is 0 Å². The van der Waals surface area contributed by atoms with Crippen molar-refractivity contribution in [1.82, 2.24) is 25.3 Å². The van der Waals surface area contributed by atoms with Gasteiger partial charge in [0.05, 0.1) is 11.4 Å². The van der Waals surface area contributed by atoms with E-state index in [0.29, 0.717) is 11.6 Å². The molecular weight excluding hydrogens is 711 g/mol. The summed E-state index contributed by atoms with van der Waals surface area (Å²) in [5, 5.41) is 5.86. The summed E-state index contributed by atoms with van der Waals surface area (Å²) < 4.78 is 0. The maximum atomic E-state index is 5.37. The van der Waals surface area contributed by atoms with E-state index in [4.69, 9.17) is 29.9 Å². The highest BCUT2D eigenvalue weighted by Crippen LogP contribution is 2.35. The van der Waals surface area contributed by atoms with Crippen LogP contribution in [-0.2, 0) is 0 Å². The average Bonchev–Trinajstić information content (AvgIpc) is 3.32. The van der Waals surface area contributed by atoms with Crippen molar-refractivity contribution in [2.45, 2.75) is 30.8 Å². The molecule has 2 aromatic heterocycles. The quantitative estimate of drug-likeness (QED) is 0.167. The molecule has 0 amide bonds. The van der Waals surface area contributed by atoms with Gasteiger partial charge in [-0.15, -0.1) is 0 Å². The Hall–Kier alpha value is -7.38. The average molecular weight is 750 g/mol. The standard InChI is InChI=1S/C51H39N7/c1-5-15-36(16-6-1)46-53-47(37-17-7-2-8-18-37)56-50(55-46)40-29-25-34(26-30-40)44-33-42-23-13-14-24-43(42)45(52-44)35-27-31-41(32-28-35)51-57-48(38-19-9-3-10-20-38)54-49(58-51)39-21-11-4-12-22-39/h1-17,19-27,29-33,35,37,48H,18,28H2,(H,54,57,58). The van der Waals surface area contributed by atoms with E-state index in [1.165, 1.54) is 0 Å². The number of allylic oxidation sites excluding steroid dienone is 6. The SMILES string of the molecule is C1=CCC(c2nc(-c3ccccc3)nc(-c3ccc(-c4cc5ccccc5c(C5C=CC(C6=NC(c7ccccc7)N=C(c7ccccc7)N6)=CC5)n4)cc3)n2)C=C1. The molecule has 0 spiro atoms. The van der Waals surface area contributed by atoms with Gasteiger partial charge in [-0.2, -0.15) is 0 Å². The third-order valence-electron chi connectivity index (χ3n) is 10.8. The molecule has 0 radical (unpaired) electrons. The molecule has 0 saturated heterocycles. The van der Waals surface area contributed by atoms with Gasteiger partial charge in [0, 0.05) is 45.0 Å². The first-order valence-corrected chi connectivity index (χ1v) is 19.8. The monoisotopic (exact) mass is 749 g/mol. The van der Waals surface area contributed by atoms with Crippen LogP contribution in [0, 0.1) is 0 Å². The van der Waals surface area contributed by atoms with E-state index in [1.54, 1.807) is 0 Å². The molecule has 1 aliphatic heterocycles. The van der Waals surface area contributed by atoms with E-state index in [9.17, 15) is 0 Å². The molecular formula is C51H39N7. The molecule has 3 heterocycles. The Labute approximate surface area is 337 Å². The molecule has 0 fully saturated rings. The highest BCUT2D eigenvalue weighted by Gasteiger charge is 2.24. The predicted molar refractivity (Wildman–Crippen MR) is 234 cm³/mol. The first-order chi connectivity index (χ1) is 28.7. The van der Waals surface area contributed by atoms with Crippen LogP contribution in [0.3, 0.4) is 0 Å². The zero-order valence-electron chi connectivity index (χ0n) is 31.7. The minimum absolute atomic E-state index is 0.0907. The van der Waals surface area contributed by atoms with Crippen molar-refractivity contribution in [3.63, 3.8) is 0 Å². The van der Waals surface area contributed by atoms with Gasteiger partial charge in [0.15, 0.2) is 17.8 Å². The van der Waals surface area contributed by atoms with Crippen molar-refractivity contribution < 1.29 is 0 Å². The van der Waals surface area contributed by atoms with Crippen LogP contribution >= 0.6 is 0 Å². The molecule has 1 N–H and O–H groups in total. The third-order valence-corrected chi connectivity index (χ3v) is 10.8. The summed E-state index contributed by atoms with van der Waals surface area (Å²) >= 11 is 0. The van der Waals surface area contributed by atoms with E-state index in [2.05, 4.69) is 127 Å². The van der Waals surface area contributed by atoms with Gasteiger partial charge in [0.1, 0.15) is 17.5 Å². The van der Waals surface area contributed by atoms with Crippen LogP contribution < -0.4 is 5.32 Å². The van der Waals surface area contributed by atoms with Crippen LogP contribution in [0.2, 0.25) is 0 Å². The minimum atomic E-state index is -0.335. The summed E-state index contributed by atoms with van der Waals surface area (Å²) in [4.78, 5) is 30.3. The van der Waals surface area contributed by atoms with Crippen LogP contribution in [-0.4, -0.2) is 31.6 Å². The van der Waals surface area contributed by atoms with Gasteiger partial charge >= 0.3 is 0 Å². The Kier molecular flexibility index (Phi) is 9.45. The molecule has 5 aromatic carbocycles. The lowest BCUT2D eigenvalue weighted by Gasteiger charge is -2.25. The Morgan fingerprint density at radius 1 is 0.517 bits per heavy atom. The second kappa shape index (κ2) is 15.6. The maximum Gasteiger partial charge on any atom is 0.169 e. The number of nitrogens with one attached hydrogen (secondary N) is 1. The highest BCUT2D eigenvalue weighted by molar-refractivity contribution is 6.16. The fourth-order valence-corrected chi connectivity index (χ4v) is 7.73. The first-order valence-electron chi connectivity index (χ1n) is 19.8. The smallest absolute Gasteiger partial charge is 0.169 e. The number of rotatable bonds is 8. The van der Waals surface area contributed by atoms with Crippen molar-refractivity contribution in [3.8, 4) is 34.0 Å². The van der Waals surface area contributed by atoms with Crippen LogP contribution in [0.25, 0.3) is 44.8 Å². The van der Waals surface area contributed by atoms with Crippen molar-refractivity contribution in [2.24, 2.45) is 9.98 Å². The molecule has 10 rings (SSSR count). The fourth-order valence-electron chi connectivity index (χ4n) is 7.73. The summed E-state index contributed by atoms with van der Waals surface area (Å²) in [6.07, 6.45) is 16.5. The Morgan fingerprint density at radius 3 is 1.88 bits per heavy atom. The molecule has 278 valence electrons. The number of fused-ring (bicyclic) bond motifs is 1. The van der Waals surface area contributed by atoms with E-state index in [1.807, 2.05) is 66.7 Å². The lowest BCUT2D eigenvalue weighted by Crippen LogP contribution is -2.36. The molecule has 7 heteroatoms. The summed E-state index contributed by atoms with van der Waals surface area (Å²) in [5.41, 5.74) is 8.04. The van der Waals surface area contributed by atoms with E-state index < -0.39 is 0 Å². The molecule has 0 bridgehead atoms. The van der Waals surface area contributed by atoms with Crippen LogP contribution in [0.1, 0.15) is 53.5 Å². The molecule has 0 saturated carbocycles. The molecule has 3 unspecified atom stereocenters. The largest absolute Gasteiger partial charge is 0.324 e. The van der Waals surface area contributed by atoms with Crippen molar-refractivity contribution in [2.75, 3.05) is 0 Å². The second-order valence-corrected chi connectivity index (χ2v) is 14.6. The van der Waals surface area contributed by atoms with E-state index in [-0.39, 0.29) is 18.0 Å². The normalized spacial score (nSPS) is 18.6. The van der Waals surface area contributed by atoms with E-state index >= 15 is 0 Å². The first kappa shape index (κ1) is 35.1. The minimum Gasteiger partial charge on any atom is -0.324 e. The molecule has 3 aliphatic rings. The number of pyridine rings is 1. The summed E-state index contributed by atoms with van der Waals surface area (Å²) in [6.45, 7) is 0. The van der Waals surface area contributed by atoms with Crippen molar-refractivity contribution >= 4 is 22.4 Å². The maximum absolute atomic E-state index is 5.37. The van der Waals surface area contributed by atoms with Gasteiger partial charge < -0.3 is 5.32 Å². The number of hydrogen-bond acceptors (Lipinski definition) is 7. The Morgan fingerprint density at radius 2 is 1.17 bits per heavy atom. The van der Waals surface area contributed by atoms with E-state index in [0.717, 1.165) is 85.9 Å². The van der Waals surface area contributed by atoms with Gasteiger partial charge in [-0.1, -0.05) is 182 Å². The number of benzene rings is 5. The molecule has 58 heavy (non-hydrogen) atoms. The highest BCUT2D eigenvalue weighted by atomic mass is 15.2. The van der Waals surface area contributed by atoms with Crippen LogP contribution in [0.4, 0.5) is 0 Å². The zero-order chi connectivity index (χ0) is 38.7. The predicted octanol–water partition coefficient (Wildman–Crippen LogP) is 11.1. The van der Waals surface area contributed by atoms with Crippen molar-refractivity contribution in [3.05, 3.63) is 216 Å². The van der Waals surface area contributed by atoms with Crippen LogP contribution in [0.15, 0.2) is 204 Å². The number of aliphatic imine (C=N–C) groups is 2. The fraction of sp³-hybridized carbons (Fsp3) is 0.0980. The van der Waals surface area contributed by atoms with Gasteiger partial charge in [0.2, 0.25) is 0 Å². The third kappa shape index (κ3) is 7.21. The molecule has 7 aromatic rings. The number of hydrogen-bond donors (Lipinski definition) is 1.